The van der Waals surface area contributed by atoms with E-state index in [1.807, 2.05) is 13.8 Å². The van der Waals surface area contributed by atoms with Gasteiger partial charge in [-0.1, -0.05) is 0 Å². The fourth-order valence-electron chi connectivity index (χ4n) is 1.38. The molecule has 0 saturated heterocycles. The molecule has 0 spiro atoms. The molecule has 0 aromatic heterocycles. The Hall–Kier alpha value is -1.74. The predicted molar refractivity (Wildman–Crippen MR) is 65.7 cm³/mol. The number of methoxy groups -OCH3 is 1. The summed E-state index contributed by atoms with van der Waals surface area (Å²) in [6.07, 6.45) is -4.52. The van der Waals surface area contributed by atoms with Crippen molar-refractivity contribution in [2.45, 2.75) is 25.6 Å². The molecule has 0 heterocycles. The molecule has 0 aliphatic carbocycles. The highest BCUT2D eigenvalue weighted by atomic mass is 19.4. The third-order valence-corrected chi connectivity index (χ3v) is 2.72. The van der Waals surface area contributed by atoms with E-state index >= 15 is 0 Å². The van der Waals surface area contributed by atoms with E-state index in [0.717, 1.165) is 6.07 Å². The van der Waals surface area contributed by atoms with E-state index in [4.69, 9.17) is 10.00 Å². The average Bonchev–Trinajstić information content (AvgIpc) is 2.35. The highest BCUT2D eigenvalue weighted by Gasteiger charge is 2.33. The molecule has 19 heavy (non-hydrogen) atoms. The second kappa shape index (κ2) is 5.49. The lowest BCUT2D eigenvalue weighted by Crippen LogP contribution is -2.32. The Balaban J connectivity index is 2.93. The molecule has 6 heteroatoms. The van der Waals surface area contributed by atoms with Crippen molar-refractivity contribution in [2.24, 2.45) is 0 Å². The molecular formula is C13H15F3N2O. The average molecular weight is 272 g/mol. The van der Waals surface area contributed by atoms with Gasteiger partial charge in [0.1, 0.15) is 0 Å². The van der Waals surface area contributed by atoms with Gasteiger partial charge >= 0.3 is 6.18 Å². The minimum Gasteiger partial charge on any atom is -0.382 e. The Morgan fingerprint density at radius 1 is 1.32 bits per heavy atom. The topological polar surface area (TPSA) is 45.0 Å². The maximum absolute atomic E-state index is 12.6. The number of nitrogens with zero attached hydrogens (tertiary/aromatic N) is 1. The van der Waals surface area contributed by atoms with Crippen molar-refractivity contribution in [1.82, 2.24) is 0 Å². The zero-order valence-corrected chi connectivity index (χ0v) is 10.9. The Kier molecular flexibility index (Phi) is 4.43. The number of rotatable bonds is 4. The molecule has 0 aliphatic rings. The van der Waals surface area contributed by atoms with Crippen molar-refractivity contribution in [1.29, 1.82) is 5.26 Å². The Morgan fingerprint density at radius 2 is 1.95 bits per heavy atom. The summed E-state index contributed by atoms with van der Waals surface area (Å²) in [5.74, 6) is 0. The van der Waals surface area contributed by atoms with Crippen LogP contribution >= 0.6 is 0 Å². The van der Waals surface area contributed by atoms with Gasteiger partial charge in [0, 0.05) is 19.3 Å². The van der Waals surface area contributed by atoms with E-state index in [2.05, 4.69) is 5.32 Å². The van der Waals surface area contributed by atoms with Crippen LogP contribution in [0.1, 0.15) is 25.0 Å². The summed E-state index contributed by atoms with van der Waals surface area (Å²) in [4.78, 5) is 0. The van der Waals surface area contributed by atoms with Gasteiger partial charge in [0.15, 0.2) is 0 Å². The molecule has 1 N–H and O–H groups in total. The number of anilines is 1. The lowest BCUT2D eigenvalue weighted by Gasteiger charge is -2.24. The summed E-state index contributed by atoms with van der Waals surface area (Å²) in [6.45, 7) is 4.10. The summed E-state index contributed by atoms with van der Waals surface area (Å²) >= 11 is 0. The minimum absolute atomic E-state index is 0.396. The normalized spacial score (nSPS) is 12.1. The largest absolute Gasteiger partial charge is 0.417 e. The summed E-state index contributed by atoms with van der Waals surface area (Å²) < 4.78 is 43.0. The molecule has 0 fully saturated rings. The highest BCUT2D eigenvalue weighted by molar-refractivity contribution is 5.53. The monoisotopic (exact) mass is 272 g/mol. The number of alkyl halides is 3. The molecule has 1 aromatic rings. The van der Waals surface area contributed by atoms with Crippen LogP contribution in [0.25, 0.3) is 0 Å². The lowest BCUT2D eigenvalue weighted by atomic mass is 10.1. The second-order valence-electron chi connectivity index (χ2n) is 4.69. The van der Waals surface area contributed by atoms with Crippen LogP contribution in [0.4, 0.5) is 18.9 Å². The van der Waals surface area contributed by atoms with Gasteiger partial charge in [-0.05, 0) is 32.0 Å². The first-order valence-corrected chi connectivity index (χ1v) is 5.60. The third kappa shape index (κ3) is 4.14. The third-order valence-electron chi connectivity index (χ3n) is 2.72. The van der Waals surface area contributed by atoms with Gasteiger partial charge in [-0.25, -0.2) is 0 Å². The molecule has 0 amide bonds. The van der Waals surface area contributed by atoms with Crippen LogP contribution in [0, 0.1) is 11.3 Å². The number of halogens is 3. The number of ether oxygens (including phenoxy) is 1. The standard InChI is InChI=1S/C13H15F3N2O/c1-12(2,19-3)8-18-10-4-5-11(13(14,15)16)9(6-10)7-17/h4-6,18H,8H2,1-3H3. The molecular weight excluding hydrogens is 257 g/mol. The van der Waals surface area contributed by atoms with Crippen LogP contribution in [0.2, 0.25) is 0 Å². The van der Waals surface area contributed by atoms with Crippen molar-refractivity contribution in [3.05, 3.63) is 29.3 Å². The fourth-order valence-corrected chi connectivity index (χ4v) is 1.38. The van der Waals surface area contributed by atoms with E-state index < -0.39 is 22.9 Å². The molecule has 1 aromatic carbocycles. The van der Waals surface area contributed by atoms with Gasteiger partial charge in [-0.15, -0.1) is 0 Å². The Morgan fingerprint density at radius 3 is 2.42 bits per heavy atom. The number of benzene rings is 1. The zero-order valence-electron chi connectivity index (χ0n) is 10.9. The van der Waals surface area contributed by atoms with E-state index in [0.29, 0.717) is 12.2 Å². The van der Waals surface area contributed by atoms with Gasteiger partial charge in [0.05, 0.1) is 22.8 Å². The first-order chi connectivity index (χ1) is 8.69. The molecule has 104 valence electrons. The summed E-state index contributed by atoms with van der Waals surface area (Å²) in [5, 5.41) is 11.7. The Bertz CT molecular complexity index is 490. The number of hydrogen-bond donors (Lipinski definition) is 1. The van der Waals surface area contributed by atoms with Gasteiger partial charge in [0.2, 0.25) is 0 Å². The highest BCUT2D eigenvalue weighted by Crippen LogP contribution is 2.33. The van der Waals surface area contributed by atoms with Gasteiger partial charge in [0.25, 0.3) is 0 Å². The van der Waals surface area contributed by atoms with E-state index in [9.17, 15) is 13.2 Å². The predicted octanol–water partition coefficient (Wildman–Crippen LogP) is 3.41. The van der Waals surface area contributed by atoms with Crippen LogP contribution in [-0.4, -0.2) is 19.3 Å². The Labute approximate surface area is 110 Å². The summed E-state index contributed by atoms with van der Waals surface area (Å²) in [5.41, 5.74) is -1.32. The van der Waals surface area contributed by atoms with Crippen LogP contribution in [0.3, 0.4) is 0 Å². The molecule has 0 atom stereocenters. The number of nitrogens with one attached hydrogen (secondary N) is 1. The molecule has 0 saturated carbocycles. The number of nitriles is 1. The second-order valence-corrected chi connectivity index (χ2v) is 4.69. The maximum atomic E-state index is 12.6. The van der Waals surface area contributed by atoms with Crippen molar-refractivity contribution >= 4 is 5.69 Å². The zero-order chi connectivity index (χ0) is 14.7. The number of hydrogen-bond acceptors (Lipinski definition) is 3. The van der Waals surface area contributed by atoms with Gasteiger partial charge in [-0.2, -0.15) is 18.4 Å². The van der Waals surface area contributed by atoms with E-state index in [1.165, 1.54) is 12.1 Å². The van der Waals surface area contributed by atoms with Crippen LogP contribution in [0.5, 0.6) is 0 Å². The smallest absolute Gasteiger partial charge is 0.382 e. The first kappa shape index (κ1) is 15.3. The minimum atomic E-state index is -4.52. The molecule has 0 bridgehead atoms. The van der Waals surface area contributed by atoms with Gasteiger partial charge in [-0.3, -0.25) is 0 Å². The fraction of sp³-hybridized carbons (Fsp3) is 0.462. The molecule has 3 nitrogen and oxygen atoms in total. The van der Waals surface area contributed by atoms with Crippen LogP contribution in [-0.2, 0) is 10.9 Å². The summed E-state index contributed by atoms with van der Waals surface area (Å²) in [6, 6.07) is 4.96. The van der Waals surface area contributed by atoms with Crippen LogP contribution < -0.4 is 5.32 Å². The lowest BCUT2D eigenvalue weighted by molar-refractivity contribution is -0.137. The molecule has 0 unspecified atom stereocenters. The summed E-state index contributed by atoms with van der Waals surface area (Å²) in [7, 11) is 1.55. The van der Waals surface area contributed by atoms with Gasteiger partial charge < -0.3 is 10.1 Å². The SMILES string of the molecule is COC(C)(C)CNc1ccc(C(F)(F)F)c(C#N)c1. The maximum Gasteiger partial charge on any atom is 0.417 e. The van der Waals surface area contributed by atoms with Crippen LogP contribution in [0.15, 0.2) is 18.2 Å². The quantitative estimate of drug-likeness (QED) is 0.913. The molecule has 1 rings (SSSR count). The van der Waals surface area contributed by atoms with Crippen molar-refractivity contribution < 1.29 is 17.9 Å². The van der Waals surface area contributed by atoms with Crippen molar-refractivity contribution in [3.63, 3.8) is 0 Å². The van der Waals surface area contributed by atoms with E-state index in [1.54, 1.807) is 13.2 Å². The van der Waals surface area contributed by atoms with Crippen molar-refractivity contribution in [3.8, 4) is 6.07 Å². The first-order valence-electron chi connectivity index (χ1n) is 5.60. The van der Waals surface area contributed by atoms with E-state index in [-0.39, 0.29) is 0 Å². The van der Waals surface area contributed by atoms with Crippen molar-refractivity contribution in [2.75, 3.05) is 19.0 Å². The molecule has 0 aliphatic heterocycles. The molecule has 0 radical (unpaired) electrons.